The number of aliphatic hydroxyl groups is 1. The van der Waals surface area contributed by atoms with Crippen molar-refractivity contribution in [2.24, 2.45) is 0 Å². The average molecular weight is 350 g/mol. The quantitative estimate of drug-likeness (QED) is 0.867. The third-order valence-electron chi connectivity index (χ3n) is 4.24. The number of rotatable bonds is 6. The molecule has 5 nitrogen and oxygen atoms in total. The van der Waals surface area contributed by atoms with E-state index in [1.54, 1.807) is 41.3 Å². The van der Waals surface area contributed by atoms with Crippen LogP contribution in [0.4, 0.5) is 0 Å². The third-order valence-corrected chi connectivity index (χ3v) is 4.49. The highest BCUT2D eigenvalue weighted by Crippen LogP contribution is 2.27. The SMILES string of the molecule is O=C(COc1ccc(Cl)cc1)N1CCCC1CC(O)c1ccco1. The molecule has 0 spiro atoms. The van der Waals surface area contributed by atoms with Crippen molar-refractivity contribution in [2.75, 3.05) is 13.2 Å². The topological polar surface area (TPSA) is 62.9 Å². The molecule has 1 aromatic carbocycles. The first-order valence-corrected chi connectivity index (χ1v) is 8.40. The summed E-state index contributed by atoms with van der Waals surface area (Å²) in [6.07, 6.45) is 3.12. The molecular weight excluding hydrogens is 330 g/mol. The lowest BCUT2D eigenvalue weighted by molar-refractivity contribution is -0.134. The number of benzene rings is 1. The number of aliphatic hydroxyl groups excluding tert-OH is 1. The molecule has 0 saturated carbocycles. The lowest BCUT2D eigenvalue weighted by Crippen LogP contribution is -2.39. The molecule has 0 radical (unpaired) electrons. The summed E-state index contributed by atoms with van der Waals surface area (Å²) in [6.45, 7) is 0.674. The van der Waals surface area contributed by atoms with Crippen molar-refractivity contribution in [2.45, 2.75) is 31.4 Å². The van der Waals surface area contributed by atoms with Crippen LogP contribution in [0.1, 0.15) is 31.1 Å². The highest BCUT2D eigenvalue weighted by Gasteiger charge is 2.31. The van der Waals surface area contributed by atoms with E-state index in [1.807, 2.05) is 0 Å². The Bertz CT molecular complexity index is 656. The van der Waals surface area contributed by atoms with E-state index in [2.05, 4.69) is 0 Å². The summed E-state index contributed by atoms with van der Waals surface area (Å²) in [7, 11) is 0. The van der Waals surface area contributed by atoms with Gasteiger partial charge in [0.05, 0.1) is 6.26 Å². The Labute approximate surface area is 145 Å². The van der Waals surface area contributed by atoms with E-state index in [1.165, 1.54) is 6.26 Å². The Balaban J connectivity index is 1.54. The van der Waals surface area contributed by atoms with E-state index in [0.717, 1.165) is 12.8 Å². The van der Waals surface area contributed by atoms with Gasteiger partial charge < -0.3 is 19.2 Å². The maximum atomic E-state index is 12.4. The number of ether oxygens (including phenoxy) is 1. The molecule has 1 N–H and O–H groups in total. The van der Waals surface area contributed by atoms with Gasteiger partial charge in [0, 0.05) is 24.0 Å². The summed E-state index contributed by atoms with van der Waals surface area (Å²) in [4.78, 5) is 14.2. The minimum Gasteiger partial charge on any atom is -0.484 e. The fraction of sp³-hybridized carbons (Fsp3) is 0.389. The predicted molar refractivity (Wildman–Crippen MR) is 90.0 cm³/mol. The van der Waals surface area contributed by atoms with E-state index in [0.29, 0.717) is 29.5 Å². The van der Waals surface area contributed by atoms with Crippen LogP contribution in [-0.2, 0) is 4.79 Å². The average Bonchev–Trinajstić information content (AvgIpc) is 3.25. The van der Waals surface area contributed by atoms with Gasteiger partial charge in [0.15, 0.2) is 6.61 Å². The number of furan rings is 1. The molecule has 3 rings (SSSR count). The fourth-order valence-electron chi connectivity index (χ4n) is 3.02. The monoisotopic (exact) mass is 349 g/mol. The second kappa shape index (κ2) is 7.73. The lowest BCUT2D eigenvalue weighted by Gasteiger charge is -2.26. The molecular formula is C18H20ClNO4. The molecule has 2 atom stereocenters. The van der Waals surface area contributed by atoms with Gasteiger partial charge in [-0.15, -0.1) is 0 Å². The van der Waals surface area contributed by atoms with Gasteiger partial charge in [-0.1, -0.05) is 11.6 Å². The maximum absolute atomic E-state index is 12.4. The summed E-state index contributed by atoms with van der Waals surface area (Å²) >= 11 is 5.83. The molecule has 1 fully saturated rings. The van der Waals surface area contributed by atoms with Crippen LogP contribution >= 0.6 is 11.6 Å². The first kappa shape index (κ1) is 16.9. The smallest absolute Gasteiger partial charge is 0.260 e. The van der Waals surface area contributed by atoms with Crippen LogP contribution in [0.25, 0.3) is 0 Å². The minimum absolute atomic E-state index is 0.00594. The molecule has 1 aliphatic heterocycles. The van der Waals surface area contributed by atoms with E-state index in [-0.39, 0.29) is 18.6 Å². The molecule has 2 unspecified atom stereocenters. The molecule has 2 aromatic rings. The standard InChI is InChI=1S/C18H20ClNO4/c19-13-5-7-15(8-6-13)24-12-18(22)20-9-1-3-14(20)11-16(21)17-4-2-10-23-17/h2,4-8,10,14,16,21H,1,3,9,11-12H2. The van der Waals surface area contributed by atoms with Gasteiger partial charge in [-0.25, -0.2) is 0 Å². The lowest BCUT2D eigenvalue weighted by atomic mass is 10.1. The Morgan fingerprint density at radius 1 is 1.38 bits per heavy atom. The van der Waals surface area contributed by atoms with Crippen molar-refractivity contribution < 1.29 is 19.1 Å². The van der Waals surface area contributed by atoms with Crippen molar-refractivity contribution in [1.29, 1.82) is 0 Å². The summed E-state index contributed by atoms with van der Waals surface area (Å²) < 4.78 is 10.8. The number of likely N-dealkylation sites (tertiary alicyclic amines) is 1. The molecule has 0 bridgehead atoms. The number of hydrogen-bond acceptors (Lipinski definition) is 4. The van der Waals surface area contributed by atoms with E-state index in [4.69, 9.17) is 20.8 Å². The minimum atomic E-state index is -0.699. The number of amides is 1. The maximum Gasteiger partial charge on any atom is 0.260 e. The summed E-state index contributed by atoms with van der Waals surface area (Å²) in [5.41, 5.74) is 0. The van der Waals surface area contributed by atoms with E-state index < -0.39 is 6.10 Å². The van der Waals surface area contributed by atoms with Gasteiger partial charge in [0.2, 0.25) is 0 Å². The van der Waals surface area contributed by atoms with Crippen LogP contribution < -0.4 is 4.74 Å². The van der Waals surface area contributed by atoms with E-state index in [9.17, 15) is 9.90 Å². The van der Waals surface area contributed by atoms with Gasteiger partial charge in [0.1, 0.15) is 17.6 Å². The summed E-state index contributed by atoms with van der Waals surface area (Å²) in [5.74, 6) is 1.07. The third kappa shape index (κ3) is 4.10. The molecule has 1 aromatic heterocycles. The van der Waals surface area contributed by atoms with Crippen LogP contribution in [0.15, 0.2) is 47.1 Å². The van der Waals surface area contributed by atoms with Crippen molar-refractivity contribution in [3.63, 3.8) is 0 Å². The van der Waals surface area contributed by atoms with Crippen molar-refractivity contribution in [3.05, 3.63) is 53.4 Å². The van der Waals surface area contributed by atoms with E-state index >= 15 is 0 Å². The van der Waals surface area contributed by atoms with Gasteiger partial charge in [-0.3, -0.25) is 4.79 Å². The van der Waals surface area contributed by atoms with Crippen molar-refractivity contribution in [3.8, 4) is 5.75 Å². The molecule has 1 saturated heterocycles. The van der Waals surface area contributed by atoms with Gasteiger partial charge in [0.25, 0.3) is 5.91 Å². The Kier molecular flexibility index (Phi) is 5.43. The summed E-state index contributed by atoms with van der Waals surface area (Å²) in [6, 6.07) is 10.4. The first-order valence-electron chi connectivity index (χ1n) is 8.03. The predicted octanol–water partition coefficient (Wildman–Crippen LogP) is 3.43. The Hall–Kier alpha value is -1.98. The van der Waals surface area contributed by atoms with Gasteiger partial charge >= 0.3 is 0 Å². The van der Waals surface area contributed by atoms with Gasteiger partial charge in [-0.2, -0.15) is 0 Å². The highest BCUT2D eigenvalue weighted by atomic mass is 35.5. The van der Waals surface area contributed by atoms with Crippen molar-refractivity contribution in [1.82, 2.24) is 4.90 Å². The zero-order valence-electron chi connectivity index (χ0n) is 13.2. The summed E-state index contributed by atoms with van der Waals surface area (Å²) in [5, 5.41) is 10.9. The molecule has 2 heterocycles. The highest BCUT2D eigenvalue weighted by molar-refractivity contribution is 6.30. The molecule has 24 heavy (non-hydrogen) atoms. The Morgan fingerprint density at radius 3 is 2.88 bits per heavy atom. The zero-order chi connectivity index (χ0) is 16.9. The molecule has 0 aliphatic carbocycles. The second-order valence-electron chi connectivity index (χ2n) is 5.89. The fourth-order valence-corrected chi connectivity index (χ4v) is 3.15. The van der Waals surface area contributed by atoms with Crippen LogP contribution in [0, 0.1) is 0 Å². The van der Waals surface area contributed by atoms with Crippen LogP contribution in [0.3, 0.4) is 0 Å². The Morgan fingerprint density at radius 2 is 2.17 bits per heavy atom. The number of halogens is 1. The number of carbonyl (C=O) groups excluding carboxylic acids is 1. The first-order chi connectivity index (χ1) is 11.6. The number of nitrogens with zero attached hydrogens (tertiary/aromatic N) is 1. The van der Waals surface area contributed by atoms with Crippen LogP contribution in [0.2, 0.25) is 5.02 Å². The second-order valence-corrected chi connectivity index (χ2v) is 6.33. The van der Waals surface area contributed by atoms with Gasteiger partial charge in [-0.05, 0) is 49.2 Å². The molecule has 128 valence electrons. The molecule has 1 aliphatic rings. The molecule has 6 heteroatoms. The normalized spacial score (nSPS) is 18.6. The van der Waals surface area contributed by atoms with Crippen LogP contribution in [-0.4, -0.2) is 35.1 Å². The number of carbonyl (C=O) groups is 1. The zero-order valence-corrected chi connectivity index (χ0v) is 14.0. The number of hydrogen-bond donors (Lipinski definition) is 1. The van der Waals surface area contributed by atoms with Crippen LogP contribution in [0.5, 0.6) is 5.75 Å². The molecule has 1 amide bonds. The van der Waals surface area contributed by atoms with Crippen molar-refractivity contribution >= 4 is 17.5 Å². The largest absolute Gasteiger partial charge is 0.484 e.